The van der Waals surface area contributed by atoms with Crippen LogP contribution in [0.15, 0.2) is 18.3 Å². The highest BCUT2D eigenvalue weighted by molar-refractivity contribution is 5.40. The van der Waals surface area contributed by atoms with Gasteiger partial charge in [-0.1, -0.05) is 13.8 Å². The van der Waals surface area contributed by atoms with Gasteiger partial charge in [-0.25, -0.2) is 0 Å². The molecule has 7 heteroatoms. The summed E-state index contributed by atoms with van der Waals surface area (Å²) >= 11 is 0. The van der Waals surface area contributed by atoms with Gasteiger partial charge in [-0.3, -0.25) is 4.40 Å². The van der Waals surface area contributed by atoms with Gasteiger partial charge >= 0.3 is 6.18 Å². The number of nitrogens with zero attached hydrogens (tertiary/aromatic N) is 3. The maximum atomic E-state index is 12.6. The first-order chi connectivity index (χ1) is 8.88. The molecule has 0 radical (unpaired) electrons. The van der Waals surface area contributed by atoms with Crippen LogP contribution in [0.25, 0.3) is 5.65 Å². The highest BCUT2D eigenvalue weighted by Crippen LogP contribution is 2.29. The monoisotopic (exact) mass is 272 g/mol. The smallest absolute Gasteiger partial charge is 0.314 e. The lowest BCUT2D eigenvalue weighted by Crippen LogP contribution is -2.25. The highest BCUT2D eigenvalue weighted by atomic mass is 19.4. The van der Waals surface area contributed by atoms with E-state index in [0.29, 0.717) is 30.5 Å². The van der Waals surface area contributed by atoms with Gasteiger partial charge in [0.15, 0.2) is 5.65 Å². The summed E-state index contributed by atoms with van der Waals surface area (Å²) in [6.07, 6.45) is -2.79. The molecule has 0 aliphatic rings. The molecule has 2 rings (SSSR count). The number of halogens is 3. The number of nitrogens with one attached hydrogen (secondary N) is 1. The maximum absolute atomic E-state index is 12.6. The Morgan fingerprint density at radius 2 is 2.00 bits per heavy atom. The molecule has 1 N–H and O–H groups in total. The molecule has 2 heterocycles. The van der Waals surface area contributed by atoms with Gasteiger partial charge < -0.3 is 5.32 Å². The van der Waals surface area contributed by atoms with Crippen molar-refractivity contribution in [2.75, 3.05) is 6.54 Å². The quantitative estimate of drug-likeness (QED) is 0.928. The Hall–Kier alpha value is -1.63. The van der Waals surface area contributed by atoms with Crippen molar-refractivity contribution >= 4 is 5.65 Å². The molecule has 2 aromatic heterocycles. The highest BCUT2D eigenvalue weighted by Gasteiger charge is 2.31. The second-order valence-electron chi connectivity index (χ2n) is 4.62. The van der Waals surface area contributed by atoms with Crippen LogP contribution in [0, 0.1) is 0 Å². The van der Waals surface area contributed by atoms with Crippen LogP contribution in [0.2, 0.25) is 0 Å². The number of fused-ring (bicyclic) bond motifs is 1. The molecule has 0 aliphatic heterocycles. The van der Waals surface area contributed by atoms with E-state index in [4.69, 9.17) is 0 Å². The van der Waals surface area contributed by atoms with Gasteiger partial charge in [0.1, 0.15) is 5.82 Å². The van der Waals surface area contributed by atoms with Crippen molar-refractivity contribution in [1.29, 1.82) is 0 Å². The van der Waals surface area contributed by atoms with E-state index in [1.54, 1.807) is 0 Å². The van der Waals surface area contributed by atoms with Crippen molar-refractivity contribution in [1.82, 2.24) is 19.9 Å². The standard InChI is InChI=1S/C12H15F3N4/c1-8(2)16-6-5-11-18-17-10-4-3-9(7-19(10)11)12(13,14)15/h3-4,7-8,16H,5-6H2,1-2H3. The van der Waals surface area contributed by atoms with Crippen LogP contribution >= 0.6 is 0 Å². The van der Waals surface area contributed by atoms with Gasteiger partial charge in [0.2, 0.25) is 0 Å². The zero-order chi connectivity index (χ0) is 14.0. The molecule has 0 saturated carbocycles. The average Bonchev–Trinajstić information content (AvgIpc) is 2.70. The summed E-state index contributed by atoms with van der Waals surface area (Å²) in [5, 5.41) is 11.0. The molecule has 0 spiro atoms. The van der Waals surface area contributed by atoms with Crippen LogP contribution in [0.5, 0.6) is 0 Å². The van der Waals surface area contributed by atoms with Crippen LogP contribution < -0.4 is 5.32 Å². The fourth-order valence-corrected chi connectivity index (χ4v) is 1.75. The molecule has 19 heavy (non-hydrogen) atoms. The van der Waals surface area contributed by atoms with Crippen molar-refractivity contribution in [3.05, 3.63) is 29.7 Å². The second-order valence-corrected chi connectivity index (χ2v) is 4.62. The molecule has 0 aliphatic carbocycles. The Balaban J connectivity index is 2.25. The van der Waals surface area contributed by atoms with Crippen molar-refractivity contribution < 1.29 is 13.2 Å². The van der Waals surface area contributed by atoms with E-state index in [-0.39, 0.29) is 0 Å². The minimum Gasteiger partial charge on any atom is -0.314 e. The third kappa shape index (κ3) is 3.23. The number of aromatic nitrogens is 3. The van der Waals surface area contributed by atoms with Crippen molar-refractivity contribution in [2.24, 2.45) is 0 Å². The Morgan fingerprint density at radius 1 is 1.26 bits per heavy atom. The molecule has 0 saturated heterocycles. The Labute approximate surface area is 108 Å². The van der Waals surface area contributed by atoms with E-state index >= 15 is 0 Å². The predicted molar refractivity (Wildman–Crippen MR) is 64.8 cm³/mol. The first kappa shape index (κ1) is 13.8. The number of rotatable bonds is 4. The summed E-state index contributed by atoms with van der Waals surface area (Å²) in [5.41, 5.74) is -0.273. The second kappa shape index (κ2) is 5.16. The molecule has 0 atom stereocenters. The molecule has 0 fully saturated rings. The molecule has 4 nitrogen and oxygen atoms in total. The summed E-state index contributed by atoms with van der Waals surface area (Å²) < 4.78 is 39.3. The van der Waals surface area contributed by atoms with Crippen molar-refractivity contribution in [3.8, 4) is 0 Å². The van der Waals surface area contributed by atoms with Crippen LogP contribution in [-0.2, 0) is 12.6 Å². The van der Waals surface area contributed by atoms with Gasteiger partial charge in [0.25, 0.3) is 0 Å². The average molecular weight is 272 g/mol. The van der Waals surface area contributed by atoms with Crippen LogP contribution in [0.4, 0.5) is 13.2 Å². The molecule has 104 valence electrons. The lowest BCUT2D eigenvalue weighted by molar-refractivity contribution is -0.137. The molecule has 2 aromatic rings. The van der Waals surface area contributed by atoms with Crippen molar-refractivity contribution in [2.45, 2.75) is 32.5 Å². The third-order valence-electron chi connectivity index (χ3n) is 2.70. The maximum Gasteiger partial charge on any atom is 0.417 e. The number of alkyl halides is 3. The van der Waals surface area contributed by atoms with Gasteiger partial charge in [-0.15, -0.1) is 10.2 Å². The van der Waals surface area contributed by atoms with E-state index in [1.807, 2.05) is 13.8 Å². The lowest BCUT2D eigenvalue weighted by atomic mass is 10.2. The number of pyridine rings is 1. The van der Waals surface area contributed by atoms with Crippen LogP contribution in [0.3, 0.4) is 0 Å². The first-order valence-electron chi connectivity index (χ1n) is 6.02. The van der Waals surface area contributed by atoms with Crippen LogP contribution in [-0.4, -0.2) is 27.2 Å². The minimum absolute atomic E-state index is 0.324. The third-order valence-corrected chi connectivity index (χ3v) is 2.70. The zero-order valence-electron chi connectivity index (χ0n) is 10.7. The van der Waals surface area contributed by atoms with Crippen molar-refractivity contribution in [3.63, 3.8) is 0 Å². The summed E-state index contributed by atoms with van der Waals surface area (Å²) in [5.74, 6) is 0.522. The first-order valence-corrected chi connectivity index (χ1v) is 6.02. The fraction of sp³-hybridized carbons (Fsp3) is 0.500. The fourth-order valence-electron chi connectivity index (χ4n) is 1.75. The lowest BCUT2D eigenvalue weighted by Gasteiger charge is -2.08. The Morgan fingerprint density at radius 3 is 2.63 bits per heavy atom. The molecular formula is C12H15F3N4. The molecule has 0 bridgehead atoms. The normalized spacial score (nSPS) is 12.5. The topological polar surface area (TPSA) is 42.2 Å². The Bertz CT molecular complexity index is 560. The summed E-state index contributed by atoms with van der Waals surface area (Å²) in [6.45, 7) is 4.65. The van der Waals surface area contributed by atoms with Gasteiger partial charge in [0.05, 0.1) is 5.56 Å². The van der Waals surface area contributed by atoms with Gasteiger partial charge in [0, 0.05) is 25.2 Å². The summed E-state index contributed by atoms with van der Waals surface area (Å²) in [4.78, 5) is 0. The summed E-state index contributed by atoms with van der Waals surface area (Å²) in [7, 11) is 0. The molecule has 0 amide bonds. The van der Waals surface area contributed by atoms with E-state index in [0.717, 1.165) is 12.3 Å². The minimum atomic E-state index is -4.36. The van der Waals surface area contributed by atoms with Crippen LogP contribution in [0.1, 0.15) is 25.2 Å². The van der Waals surface area contributed by atoms with E-state index < -0.39 is 11.7 Å². The zero-order valence-corrected chi connectivity index (χ0v) is 10.7. The largest absolute Gasteiger partial charge is 0.417 e. The number of hydrogen-bond acceptors (Lipinski definition) is 3. The van der Waals surface area contributed by atoms with E-state index in [2.05, 4.69) is 15.5 Å². The molecule has 0 unspecified atom stereocenters. The summed E-state index contributed by atoms with van der Waals surface area (Å²) in [6, 6.07) is 2.67. The predicted octanol–water partition coefficient (Wildman–Crippen LogP) is 2.29. The number of hydrogen-bond donors (Lipinski definition) is 1. The van der Waals surface area contributed by atoms with Gasteiger partial charge in [-0.05, 0) is 12.1 Å². The molecular weight excluding hydrogens is 257 g/mol. The van der Waals surface area contributed by atoms with E-state index in [1.165, 1.54) is 10.5 Å². The molecule has 0 aromatic carbocycles. The SMILES string of the molecule is CC(C)NCCc1nnc2ccc(C(F)(F)F)cn12. The van der Waals surface area contributed by atoms with Gasteiger partial charge in [-0.2, -0.15) is 13.2 Å². The Kier molecular flexibility index (Phi) is 3.75. The van der Waals surface area contributed by atoms with E-state index in [9.17, 15) is 13.2 Å².